The number of amides is 1. The average molecular weight is 367 g/mol. The van der Waals surface area contributed by atoms with Gasteiger partial charge in [0.2, 0.25) is 5.75 Å². The number of aliphatic carboxylic acids is 1. The molecule has 2 N–H and O–H groups in total. The van der Waals surface area contributed by atoms with Crippen LogP contribution in [0.1, 0.15) is 37.6 Å². The maximum absolute atomic E-state index is 12.1. The van der Waals surface area contributed by atoms with Crippen molar-refractivity contribution < 1.29 is 43.3 Å². The predicted molar refractivity (Wildman–Crippen MR) is 85.0 cm³/mol. The second-order valence-electron chi connectivity index (χ2n) is 4.98. The number of benzene rings is 1. The third-order valence-corrected chi connectivity index (χ3v) is 2.66. The zero-order chi connectivity index (χ0) is 19.9. The first-order valence-corrected chi connectivity index (χ1v) is 7.33. The van der Waals surface area contributed by atoms with Crippen LogP contribution in [0, 0.1) is 0 Å². The molecule has 1 rings (SSSR count). The molecule has 0 saturated heterocycles. The normalized spacial score (nSPS) is 9.81. The van der Waals surface area contributed by atoms with Crippen molar-refractivity contribution in [3.05, 3.63) is 17.7 Å². The summed E-state index contributed by atoms with van der Waals surface area (Å²) in [5, 5.41) is 10.9. The molecule has 0 saturated carbocycles. The van der Waals surface area contributed by atoms with Gasteiger partial charge in [-0.05, 0) is 12.1 Å². The summed E-state index contributed by atoms with van der Waals surface area (Å²) in [7, 11) is 0. The largest absolute Gasteiger partial charge is 0.481 e. The van der Waals surface area contributed by atoms with Crippen molar-refractivity contribution in [3.63, 3.8) is 0 Å². The zero-order valence-electron chi connectivity index (χ0n) is 14.3. The highest BCUT2D eigenvalue weighted by molar-refractivity contribution is 5.96. The average Bonchev–Trinajstić information content (AvgIpc) is 2.48. The van der Waals surface area contributed by atoms with E-state index >= 15 is 0 Å². The van der Waals surface area contributed by atoms with Gasteiger partial charge >= 0.3 is 23.9 Å². The molecule has 0 spiro atoms. The molecule has 0 bridgehead atoms. The number of carbonyl (C=O) groups excluding carboxylic acids is 4. The van der Waals surface area contributed by atoms with Gasteiger partial charge < -0.3 is 24.6 Å². The van der Waals surface area contributed by atoms with E-state index in [9.17, 15) is 24.0 Å². The fourth-order valence-electron chi connectivity index (χ4n) is 1.80. The molecular formula is C16H17NO9. The first-order valence-electron chi connectivity index (χ1n) is 7.33. The standard InChI is InChI=1S/C16H17NO9/c1-8(18)24-12-6-11(16(23)17-5-4-14(21)22)7-13(25-9(2)19)15(12)26-10(3)20/h6-7H,4-5H2,1-3H3,(H,17,23)(H,21,22). The minimum Gasteiger partial charge on any atom is -0.481 e. The van der Waals surface area contributed by atoms with Crippen LogP contribution in [0.2, 0.25) is 0 Å². The molecule has 1 aromatic carbocycles. The number of rotatable bonds is 7. The predicted octanol–water partition coefficient (Wildman–Crippen LogP) is 0.667. The number of ether oxygens (including phenoxy) is 3. The highest BCUT2D eigenvalue weighted by Gasteiger charge is 2.22. The van der Waals surface area contributed by atoms with Gasteiger partial charge in [0.25, 0.3) is 5.91 Å². The minimum atomic E-state index is -1.10. The first kappa shape index (κ1) is 20.6. The van der Waals surface area contributed by atoms with Crippen molar-refractivity contribution in [2.75, 3.05) is 6.54 Å². The Labute approximate surface area is 148 Å². The van der Waals surface area contributed by atoms with Crippen molar-refractivity contribution in [3.8, 4) is 17.2 Å². The monoisotopic (exact) mass is 367 g/mol. The fourth-order valence-corrected chi connectivity index (χ4v) is 1.80. The third-order valence-electron chi connectivity index (χ3n) is 2.66. The van der Waals surface area contributed by atoms with Crippen LogP contribution in [0.4, 0.5) is 0 Å². The van der Waals surface area contributed by atoms with E-state index in [1.165, 1.54) is 0 Å². The lowest BCUT2D eigenvalue weighted by Crippen LogP contribution is -2.26. The van der Waals surface area contributed by atoms with Crippen LogP contribution in [-0.2, 0) is 19.2 Å². The van der Waals surface area contributed by atoms with Crippen LogP contribution in [0.5, 0.6) is 17.2 Å². The van der Waals surface area contributed by atoms with E-state index in [1.54, 1.807) is 0 Å². The lowest BCUT2D eigenvalue weighted by molar-refractivity contribution is -0.137. The van der Waals surface area contributed by atoms with E-state index in [4.69, 9.17) is 19.3 Å². The Bertz CT molecular complexity index is 717. The van der Waals surface area contributed by atoms with Gasteiger partial charge in [-0.3, -0.25) is 24.0 Å². The number of carbonyl (C=O) groups is 5. The van der Waals surface area contributed by atoms with Gasteiger partial charge in [0, 0.05) is 32.9 Å². The molecular weight excluding hydrogens is 350 g/mol. The maximum atomic E-state index is 12.1. The Morgan fingerprint density at radius 3 is 1.73 bits per heavy atom. The highest BCUT2D eigenvalue weighted by atomic mass is 16.6. The summed E-state index contributed by atoms with van der Waals surface area (Å²) in [4.78, 5) is 56.5. The molecule has 26 heavy (non-hydrogen) atoms. The number of nitrogens with one attached hydrogen (secondary N) is 1. The van der Waals surface area contributed by atoms with Crippen LogP contribution >= 0.6 is 0 Å². The summed E-state index contributed by atoms with van der Waals surface area (Å²) in [5.74, 6) is -5.08. The molecule has 0 aliphatic carbocycles. The summed E-state index contributed by atoms with van der Waals surface area (Å²) < 4.78 is 14.8. The van der Waals surface area contributed by atoms with Crippen LogP contribution in [-0.4, -0.2) is 41.4 Å². The SMILES string of the molecule is CC(=O)Oc1cc(C(=O)NCCC(=O)O)cc(OC(C)=O)c1OC(C)=O. The Hall–Kier alpha value is -3.43. The van der Waals surface area contributed by atoms with Gasteiger partial charge in [-0.2, -0.15) is 0 Å². The van der Waals surface area contributed by atoms with Crippen molar-refractivity contribution in [2.45, 2.75) is 27.2 Å². The number of carboxylic acids is 1. The number of hydrogen-bond acceptors (Lipinski definition) is 8. The van der Waals surface area contributed by atoms with Gasteiger partial charge in [-0.25, -0.2) is 0 Å². The molecule has 0 radical (unpaired) electrons. The maximum Gasteiger partial charge on any atom is 0.308 e. The highest BCUT2D eigenvalue weighted by Crippen LogP contribution is 2.39. The third kappa shape index (κ3) is 6.59. The molecule has 0 unspecified atom stereocenters. The molecule has 10 heteroatoms. The smallest absolute Gasteiger partial charge is 0.308 e. The van der Waals surface area contributed by atoms with Crippen molar-refractivity contribution in [1.29, 1.82) is 0 Å². The molecule has 1 amide bonds. The number of carboxylic acid groups (broad SMARTS) is 1. The second-order valence-corrected chi connectivity index (χ2v) is 4.98. The topological polar surface area (TPSA) is 145 Å². The molecule has 0 aliphatic heterocycles. The number of hydrogen-bond donors (Lipinski definition) is 2. The van der Waals surface area contributed by atoms with E-state index in [0.717, 1.165) is 32.9 Å². The fraction of sp³-hybridized carbons (Fsp3) is 0.312. The van der Waals surface area contributed by atoms with Crippen LogP contribution in [0.25, 0.3) is 0 Å². The van der Waals surface area contributed by atoms with Crippen LogP contribution in [0.3, 0.4) is 0 Å². The van der Waals surface area contributed by atoms with Gasteiger partial charge in [-0.15, -0.1) is 0 Å². The quantitative estimate of drug-likeness (QED) is 0.524. The van der Waals surface area contributed by atoms with E-state index in [1.807, 2.05) is 0 Å². The van der Waals surface area contributed by atoms with Crippen LogP contribution in [0.15, 0.2) is 12.1 Å². The number of esters is 3. The summed E-state index contributed by atoms with van der Waals surface area (Å²) in [6.07, 6.45) is -0.301. The molecule has 0 heterocycles. The lowest BCUT2D eigenvalue weighted by Gasteiger charge is -2.15. The van der Waals surface area contributed by atoms with E-state index in [0.29, 0.717) is 0 Å². The first-order chi connectivity index (χ1) is 12.1. The van der Waals surface area contributed by atoms with E-state index in [2.05, 4.69) is 5.32 Å². The lowest BCUT2D eigenvalue weighted by atomic mass is 10.1. The van der Waals surface area contributed by atoms with Gasteiger partial charge in [0.05, 0.1) is 6.42 Å². The van der Waals surface area contributed by atoms with Crippen LogP contribution < -0.4 is 19.5 Å². The Kier molecular flexibility index (Phi) is 7.26. The Morgan fingerprint density at radius 1 is 0.885 bits per heavy atom. The van der Waals surface area contributed by atoms with Crippen molar-refractivity contribution in [1.82, 2.24) is 5.32 Å². The molecule has 10 nitrogen and oxygen atoms in total. The molecule has 140 valence electrons. The molecule has 0 aromatic heterocycles. The summed E-state index contributed by atoms with van der Waals surface area (Å²) >= 11 is 0. The van der Waals surface area contributed by atoms with Crippen molar-refractivity contribution >= 4 is 29.8 Å². The summed E-state index contributed by atoms with van der Waals surface area (Å²) in [6.45, 7) is 3.11. The molecule has 0 atom stereocenters. The second kappa shape index (κ2) is 9.16. The Morgan fingerprint density at radius 2 is 1.35 bits per heavy atom. The minimum absolute atomic E-state index is 0.0983. The van der Waals surface area contributed by atoms with Gasteiger partial charge in [0.15, 0.2) is 11.5 Å². The van der Waals surface area contributed by atoms with Crippen molar-refractivity contribution in [2.24, 2.45) is 0 Å². The molecule has 0 aliphatic rings. The summed E-state index contributed by atoms with van der Waals surface area (Å²) in [6, 6.07) is 2.20. The van der Waals surface area contributed by atoms with Gasteiger partial charge in [-0.1, -0.05) is 0 Å². The summed E-state index contributed by atoms with van der Waals surface area (Å²) in [5.41, 5.74) is -0.0983. The zero-order valence-corrected chi connectivity index (χ0v) is 14.3. The molecule has 1 aromatic rings. The Balaban J connectivity index is 3.31. The molecule has 0 fully saturated rings. The van der Waals surface area contributed by atoms with Gasteiger partial charge in [0.1, 0.15) is 0 Å². The van der Waals surface area contributed by atoms with E-state index in [-0.39, 0.29) is 35.8 Å². The van der Waals surface area contributed by atoms with E-state index < -0.39 is 29.8 Å².